The van der Waals surface area contributed by atoms with Crippen molar-refractivity contribution in [1.29, 1.82) is 0 Å². The Morgan fingerprint density at radius 2 is 1.03 bits per heavy atom. The average Bonchev–Trinajstić information content (AvgIpc) is 2.74. The normalized spacial score (nSPS) is 11.8. The SMILES string of the molecule is CC(C)(C)c1cc(CCC(=O)OCCOC(=O)CCc2ccc(O)c(C(C)(C)C)c2)ccc1O. The van der Waals surface area contributed by atoms with Crippen LogP contribution in [0.15, 0.2) is 36.4 Å². The fourth-order valence-corrected chi connectivity index (χ4v) is 3.63. The lowest BCUT2D eigenvalue weighted by Gasteiger charge is -2.21. The first-order valence-electron chi connectivity index (χ1n) is 11.7. The predicted octanol–water partition coefficient (Wildman–Crippen LogP) is 5.34. The summed E-state index contributed by atoms with van der Waals surface area (Å²) >= 11 is 0. The third-order valence-electron chi connectivity index (χ3n) is 5.58. The molecule has 0 aliphatic carbocycles. The number of hydrogen-bond acceptors (Lipinski definition) is 6. The Morgan fingerprint density at radius 3 is 1.35 bits per heavy atom. The van der Waals surface area contributed by atoms with Crippen LogP contribution in [0.4, 0.5) is 0 Å². The van der Waals surface area contributed by atoms with Crippen molar-refractivity contribution in [2.45, 2.75) is 78.1 Å². The lowest BCUT2D eigenvalue weighted by molar-refractivity contribution is -0.152. The second kappa shape index (κ2) is 11.4. The number of hydrogen-bond donors (Lipinski definition) is 2. The maximum Gasteiger partial charge on any atom is 0.306 e. The van der Waals surface area contributed by atoms with Gasteiger partial charge in [0.2, 0.25) is 0 Å². The molecule has 0 heterocycles. The van der Waals surface area contributed by atoms with Gasteiger partial charge in [0.25, 0.3) is 0 Å². The Balaban J connectivity index is 1.70. The largest absolute Gasteiger partial charge is 0.508 e. The smallest absolute Gasteiger partial charge is 0.306 e. The Labute approximate surface area is 202 Å². The Hall–Kier alpha value is -3.02. The third-order valence-corrected chi connectivity index (χ3v) is 5.58. The second-order valence-corrected chi connectivity index (χ2v) is 10.6. The lowest BCUT2D eigenvalue weighted by atomic mass is 9.85. The molecule has 6 nitrogen and oxygen atoms in total. The van der Waals surface area contributed by atoms with Crippen LogP contribution in [0.1, 0.15) is 76.6 Å². The molecule has 6 heteroatoms. The first-order chi connectivity index (χ1) is 15.8. The molecule has 2 N–H and O–H groups in total. The van der Waals surface area contributed by atoms with Crippen LogP contribution in [0.3, 0.4) is 0 Å². The van der Waals surface area contributed by atoms with Crippen LogP contribution in [-0.2, 0) is 42.7 Å². The van der Waals surface area contributed by atoms with Crippen molar-refractivity contribution >= 4 is 11.9 Å². The van der Waals surface area contributed by atoms with Gasteiger partial charge in [-0.3, -0.25) is 9.59 Å². The van der Waals surface area contributed by atoms with Gasteiger partial charge in [-0.05, 0) is 58.1 Å². The average molecular weight is 471 g/mol. The van der Waals surface area contributed by atoms with Gasteiger partial charge in [0.1, 0.15) is 24.7 Å². The van der Waals surface area contributed by atoms with Gasteiger partial charge in [0.05, 0.1) is 0 Å². The predicted molar refractivity (Wildman–Crippen MR) is 132 cm³/mol. The van der Waals surface area contributed by atoms with Gasteiger partial charge in [-0.2, -0.15) is 0 Å². The number of esters is 2. The quantitative estimate of drug-likeness (QED) is 0.379. The maximum atomic E-state index is 12.0. The number of rotatable bonds is 9. The van der Waals surface area contributed by atoms with E-state index < -0.39 is 0 Å². The van der Waals surface area contributed by atoms with E-state index in [1.165, 1.54) is 0 Å². The van der Waals surface area contributed by atoms with E-state index in [-0.39, 0.29) is 60.3 Å². The van der Waals surface area contributed by atoms with Gasteiger partial charge in [0, 0.05) is 12.8 Å². The van der Waals surface area contributed by atoms with Gasteiger partial charge in [-0.15, -0.1) is 0 Å². The fraction of sp³-hybridized carbons (Fsp3) is 0.500. The number of ether oxygens (including phenoxy) is 2. The van der Waals surface area contributed by atoms with Crippen LogP contribution in [0.5, 0.6) is 11.5 Å². The summed E-state index contributed by atoms with van der Waals surface area (Å²) in [6.45, 7) is 12.2. The number of phenols is 2. The van der Waals surface area contributed by atoms with E-state index in [0.29, 0.717) is 12.8 Å². The molecule has 0 aliphatic heterocycles. The molecule has 0 radical (unpaired) electrons. The van der Waals surface area contributed by atoms with Crippen LogP contribution >= 0.6 is 0 Å². The van der Waals surface area contributed by atoms with Crippen LogP contribution in [0.25, 0.3) is 0 Å². The van der Waals surface area contributed by atoms with Crippen molar-refractivity contribution in [3.63, 3.8) is 0 Å². The molecule has 186 valence electrons. The molecule has 0 fully saturated rings. The number of aromatic hydroxyl groups is 2. The summed E-state index contributed by atoms with van der Waals surface area (Å²) in [6, 6.07) is 10.8. The zero-order valence-electron chi connectivity index (χ0n) is 21.2. The van der Waals surface area contributed by atoms with Crippen molar-refractivity contribution in [3.05, 3.63) is 58.7 Å². The van der Waals surface area contributed by atoms with Crippen LogP contribution in [-0.4, -0.2) is 35.4 Å². The van der Waals surface area contributed by atoms with Crippen molar-refractivity contribution in [1.82, 2.24) is 0 Å². The lowest BCUT2D eigenvalue weighted by Crippen LogP contribution is -2.15. The van der Waals surface area contributed by atoms with Crippen molar-refractivity contribution in [2.75, 3.05) is 13.2 Å². The highest BCUT2D eigenvalue weighted by molar-refractivity contribution is 5.70. The van der Waals surface area contributed by atoms with E-state index in [4.69, 9.17) is 9.47 Å². The minimum Gasteiger partial charge on any atom is -0.508 e. The van der Waals surface area contributed by atoms with Crippen molar-refractivity contribution in [2.24, 2.45) is 0 Å². The Kier molecular flexibility index (Phi) is 9.14. The summed E-state index contributed by atoms with van der Waals surface area (Å²) in [5.41, 5.74) is 3.20. The molecule has 2 aromatic rings. The van der Waals surface area contributed by atoms with Crippen molar-refractivity contribution < 1.29 is 29.3 Å². The molecule has 0 unspecified atom stereocenters. The van der Waals surface area contributed by atoms with Gasteiger partial charge in [-0.1, -0.05) is 65.8 Å². The molecule has 34 heavy (non-hydrogen) atoms. The van der Waals surface area contributed by atoms with Crippen molar-refractivity contribution in [3.8, 4) is 11.5 Å². The minimum absolute atomic E-state index is 0.0147. The summed E-state index contributed by atoms with van der Waals surface area (Å²) in [4.78, 5) is 24.1. The third kappa shape index (κ3) is 8.40. The number of aryl methyl sites for hydroxylation is 2. The molecule has 2 rings (SSSR count). The molecule has 0 saturated heterocycles. The molecule has 0 aromatic heterocycles. The maximum absolute atomic E-state index is 12.0. The Bertz CT molecular complexity index is 913. The van der Waals surface area contributed by atoms with Gasteiger partial charge >= 0.3 is 11.9 Å². The van der Waals surface area contributed by atoms with E-state index in [9.17, 15) is 19.8 Å². The molecule has 0 bridgehead atoms. The fourth-order valence-electron chi connectivity index (χ4n) is 3.63. The number of phenolic OH excluding ortho intramolecular Hbond substituents is 2. The Morgan fingerprint density at radius 1 is 0.676 bits per heavy atom. The number of carbonyl (C=O) groups is 2. The van der Waals surface area contributed by atoms with E-state index in [1.54, 1.807) is 24.3 Å². The highest BCUT2D eigenvalue weighted by Crippen LogP contribution is 2.32. The molecule has 0 aliphatic rings. The standard InChI is InChI=1S/C28H38O6/c1-27(2,3)21-17-19(7-11-23(21)29)9-13-25(31)33-15-16-34-26(32)14-10-20-8-12-24(30)22(18-20)28(4,5)6/h7-8,11-12,17-18,29-30H,9-10,13-16H2,1-6H3. The summed E-state index contributed by atoms with van der Waals surface area (Å²) in [5.74, 6) is -0.220. The summed E-state index contributed by atoms with van der Waals surface area (Å²) < 4.78 is 10.3. The van der Waals surface area contributed by atoms with E-state index in [1.807, 2.05) is 53.7 Å². The van der Waals surface area contributed by atoms with Crippen LogP contribution in [0, 0.1) is 0 Å². The topological polar surface area (TPSA) is 93.1 Å². The molecule has 0 atom stereocenters. The molecular formula is C28H38O6. The minimum atomic E-state index is -0.361. The monoisotopic (exact) mass is 470 g/mol. The van der Waals surface area contributed by atoms with E-state index in [2.05, 4.69) is 0 Å². The second-order valence-electron chi connectivity index (χ2n) is 10.6. The van der Waals surface area contributed by atoms with Gasteiger partial charge < -0.3 is 19.7 Å². The highest BCUT2D eigenvalue weighted by atomic mass is 16.6. The summed E-state index contributed by atoms with van der Waals surface area (Å²) in [5, 5.41) is 20.1. The van der Waals surface area contributed by atoms with Crippen LogP contribution in [0.2, 0.25) is 0 Å². The molecular weight excluding hydrogens is 432 g/mol. The molecule has 2 aromatic carbocycles. The summed E-state index contributed by atoms with van der Waals surface area (Å²) in [6.07, 6.45) is 1.43. The van der Waals surface area contributed by atoms with Gasteiger partial charge in [0.15, 0.2) is 0 Å². The first-order valence-corrected chi connectivity index (χ1v) is 11.7. The first kappa shape index (κ1) is 27.2. The zero-order valence-corrected chi connectivity index (χ0v) is 21.2. The van der Waals surface area contributed by atoms with E-state index >= 15 is 0 Å². The molecule has 0 spiro atoms. The highest BCUT2D eigenvalue weighted by Gasteiger charge is 2.19. The molecule has 0 saturated carbocycles. The van der Waals surface area contributed by atoms with Crippen LogP contribution < -0.4 is 0 Å². The summed E-state index contributed by atoms with van der Waals surface area (Å²) in [7, 11) is 0. The number of carbonyl (C=O) groups excluding carboxylic acids is 2. The zero-order chi connectivity index (χ0) is 25.5. The molecule has 0 amide bonds. The van der Waals surface area contributed by atoms with Gasteiger partial charge in [-0.25, -0.2) is 0 Å². The number of benzene rings is 2. The van der Waals surface area contributed by atoms with E-state index in [0.717, 1.165) is 22.3 Å².